The fourth-order valence-electron chi connectivity index (χ4n) is 4.43. The van der Waals surface area contributed by atoms with E-state index in [0.29, 0.717) is 5.41 Å². The first kappa shape index (κ1) is 18.0. The number of methoxy groups -OCH3 is 1. The van der Waals surface area contributed by atoms with E-state index in [1.807, 2.05) is 7.11 Å². The molecule has 120 valence electrons. The SMILES string of the molecule is CCCCC(CC)CCC1(COC)C(C)CCCC1C. The Kier molecular flexibility index (Phi) is 8.17. The van der Waals surface area contributed by atoms with Gasteiger partial charge in [-0.2, -0.15) is 0 Å². The summed E-state index contributed by atoms with van der Waals surface area (Å²) in [6.45, 7) is 10.6. The Labute approximate surface area is 127 Å². The maximum Gasteiger partial charge on any atom is 0.0523 e. The predicted octanol–water partition coefficient (Wildman–Crippen LogP) is 6.07. The number of ether oxygens (including phenoxy) is 1. The van der Waals surface area contributed by atoms with E-state index in [4.69, 9.17) is 4.74 Å². The Bertz CT molecular complexity index is 238. The van der Waals surface area contributed by atoms with Crippen molar-refractivity contribution in [3.63, 3.8) is 0 Å². The van der Waals surface area contributed by atoms with Crippen LogP contribution in [-0.4, -0.2) is 13.7 Å². The summed E-state index contributed by atoms with van der Waals surface area (Å²) in [7, 11) is 1.89. The summed E-state index contributed by atoms with van der Waals surface area (Å²) in [5, 5.41) is 0. The largest absolute Gasteiger partial charge is 0.384 e. The lowest BCUT2D eigenvalue weighted by molar-refractivity contribution is -0.0435. The monoisotopic (exact) mass is 282 g/mol. The van der Waals surface area contributed by atoms with Gasteiger partial charge >= 0.3 is 0 Å². The smallest absolute Gasteiger partial charge is 0.0523 e. The fourth-order valence-corrected chi connectivity index (χ4v) is 4.43. The van der Waals surface area contributed by atoms with Gasteiger partial charge < -0.3 is 4.74 Å². The summed E-state index contributed by atoms with van der Waals surface area (Å²) >= 11 is 0. The molecule has 0 aromatic carbocycles. The number of rotatable bonds is 9. The highest BCUT2D eigenvalue weighted by atomic mass is 16.5. The lowest BCUT2D eigenvalue weighted by atomic mass is 9.59. The van der Waals surface area contributed by atoms with Gasteiger partial charge in [0.2, 0.25) is 0 Å². The van der Waals surface area contributed by atoms with Crippen LogP contribution in [0.5, 0.6) is 0 Å². The van der Waals surface area contributed by atoms with Crippen molar-refractivity contribution in [2.75, 3.05) is 13.7 Å². The van der Waals surface area contributed by atoms with Gasteiger partial charge in [-0.1, -0.05) is 72.6 Å². The van der Waals surface area contributed by atoms with E-state index in [1.54, 1.807) is 0 Å². The maximum atomic E-state index is 5.67. The predicted molar refractivity (Wildman–Crippen MR) is 89.0 cm³/mol. The highest BCUT2D eigenvalue weighted by Gasteiger charge is 2.43. The molecular formula is C19H38O. The normalized spacial score (nSPS) is 32.2. The van der Waals surface area contributed by atoms with E-state index in [2.05, 4.69) is 27.7 Å². The zero-order valence-electron chi connectivity index (χ0n) is 14.7. The molecule has 1 rings (SSSR count). The minimum atomic E-state index is 0.451. The first-order chi connectivity index (χ1) is 9.60. The minimum Gasteiger partial charge on any atom is -0.384 e. The Morgan fingerprint density at radius 1 is 1.10 bits per heavy atom. The molecular weight excluding hydrogens is 244 g/mol. The summed E-state index contributed by atoms with van der Waals surface area (Å²) in [4.78, 5) is 0. The van der Waals surface area contributed by atoms with Crippen molar-refractivity contribution in [2.45, 2.75) is 85.5 Å². The van der Waals surface area contributed by atoms with Gasteiger partial charge in [0, 0.05) is 7.11 Å². The van der Waals surface area contributed by atoms with Gasteiger partial charge in [-0.15, -0.1) is 0 Å². The molecule has 1 aliphatic rings. The van der Waals surface area contributed by atoms with Gasteiger partial charge in [0.1, 0.15) is 0 Å². The van der Waals surface area contributed by atoms with Gasteiger partial charge in [-0.05, 0) is 36.0 Å². The van der Waals surface area contributed by atoms with Gasteiger partial charge in [-0.25, -0.2) is 0 Å². The number of hydrogen-bond acceptors (Lipinski definition) is 1. The second-order valence-electron chi connectivity index (χ2n) is 7.35. The van der Waals surface area contributed by atoms with Crippen LogP contribution in [-0.2, 0) is 4.74 Å². The number of unbranched alkanes of at least 4 members (excludes halogenated alkanes) is 1. The Morgan fingerprint density at radius 2 is 1.75 bits per heavy atom. The Morgan fingerprint density at radius 3 is 2.25 bits per heavy atom. The average molecular weight is 283 g/mol. The molecule has 1 nitrogen and oxygen atoms in total. The highest BCUT2D eigenvalue weighted by molar-refractivity contribution is 4.92. The molecule has 0 aliphatic heterocycles. The molecule has 1 heteroatoms. The molecule has 3 unspecified atom stereocenters. The van der Waals surface area contributed by atoms with E-state index in [-0.39, 0.29) is 0 Å². The molecule has 1 saturated carbocycles. The van der Waals surface area contributed by atoms with Crippen molar-refractivity contribution in [3.05, 3.63) is 0 Å². The third-order valence-corrected chi connectivity index (χ3v) is 6.21. The molecule has 1 aliphatic carbocycles. The van der Waals surface area contributed by atoms with E-state index >= 15 is 0 Å². The van der Waals surface area contributed by atoms with Crippen molar-refractivity contribution in [1.82, 2.24) is 0 Å². The molecule has 0 radical (unpaired) electrons. The zero-order valence-corrected chi connectivity index (χ0v) is 14.7. The summed E-state index contributed by atoms with van der Waals surface area (Å²) in [5.74, 6) is 2.59. The molecule has 0 N–H and O–H groups in total. The van der Waals surface area contributed by atoms with Crippen LogP contribution < -0.4 is 0 Å². The summed E-state index contributed by atoms with van der Waals surface area (Å²) in [6, 6.07) is 0. The van der Waals surface area contributed by atoms with Crippen molar-refractivity contribution in [1.29, 1.82) is 0 Å². The Hall–Kier alpha value is -0.0400. The summed E-state index contributed by atoms with van der Waals surface area (Å²) < 4.78 is 5.67. The molecule has 3 atom stereocenters. The molecule has 20 heavy (non-hydrogen) atoms. The lowest BCUT2D eigenvalue weighted by Gasteiger charge is -2.48. The van der Waals surface area contributed by atoms with Crippen molar-refractivity contribution >= 4 is 0 Å². The minimum absolute atomic E-state index is 0.451. The molecule has 0 saturated heterocycles. The second kappa shape index (κ2) is 9.07. The van der Waals surface area contributed by atoms with Crippen LogP contribution >= 0.6 is 0 Å². The maximum absolute atomic E-state index is 5.67. The molecule has 0 spiro atoms. The van der Waals surface area contributed by atoms with Crippen LogP contribution in [0.4, 0.5) is 0 Å². The van der Waals surface area contributed by atoms with E-state index < -0.39 is 0 Å². The van der Waals surface area contributed by atoms with Crippen molar-refractivity contribution < 1.29 is 4.74 Å². The quantitative estimate of drug-likeness (QED) is 0.498. The van der Waals surface area contributed by atoms with Gasteiger partial charge in [0.25, 0.3) is 0 Å². The van der Waals surface area contributed by atoms with E-state index in [9.17, 15) is 0 Å². The summed E-state index contributed by atoms with van der Waals surface area (Å²) in [5.41, 5.74) is 0.451. The van der Waals surface area contributed by atoms with Crippen molar-refractivity contribution in [2.24, 2.45) is 23.2 Å². The fraction of sp³-hybridized carbons (Fsp3) is 1.00. The third kappa shape index (κ3) is 4.48. The van der Waals surface area contributed by atoms with E-state index in [1.165, 1.54) is 57.8 Å². The topological polar surface area (TPSA) is 9.23 Å². The van der Waals surface area contributed by atoms with E-state index in [0.717, 1.165) is 24.4 Å². The summed E-state index contributed by atoms with van der Waals surface area (Å²) in [6.07, 6.45) is 12.5. The van der Waals surface area contributed by atoms with Crippen LogP contribution in [0, 0.1) is 23.2 Å². The van der Waals surface area contributed by atoms with Crippen LogP contribution in [0.3, 0.4) is 0 Å². The zero-order chi connectivity index (χ0) is 15.0. The van der Waals surface area contributed by atoms with Crippen molar-refractivity contribution in [3.8, 4) is 0 Å². The average Bonchev–Trinajstić information content (AvgIpc) is 2.44. The molecule has 0 aromatic rings. The van der Waals surface area contributed by atoms with Crippen LogP contribution in [0.1, 0.15) is 85.5 Å². The third-order valence-electron chi connectivity index (χ3n) is 6.21. The Balaban J connectivity index is 2.65. The lowest BCUT2D eigenvalue weighted by Crippen LogP contribution is -2.43. The first-order valence-electron chi connectivity index (χ1n) is 9.09. The van der Waals surface area contributed by atoms with Gasteiger partial charge in [0.05, 0.1) is 6.61 Å². The van der Waals surface area contributed by atoms with Gasteiger partial charge in [-0.3, -0.25) is 0 Å². The molecule has 0 amide bonds. The van der Waals surface area contributed by atoms with Crippen LogP contribution in [0.25, 0.3) is 0 Å². The molecule has 0 aromatic heterocycles. The molecule has 0 heterocycles. The standard InChI is InChI=1S/C19H38O/c1-6-8-12-18(7-2)13-14-19(15-20-5)16(3)10-9-11-17(19)4/h16-18H,6-15H2,1-5H3. The van der Waals surface area contributed by atoms with Gasteiger partial charge in [0.15, 0.2) is 0 Å². The first-order valence-corrected chi connectivity index (χ1v) is 9.09. The molecule has 0 bridgehead atoms. The number of hydrogen-bond donors (Lipinski definition) is 0. The van der Waals surface area contributed by atoms with Crippen LogP contribution in [0.15, 0.2) is 0 Å². The molecule has 1 fully saturated rings. The van der Waals surface area contributed by atoms with Crippen LogP contribution in [0.2, 0.25) is 0 Å². The second-order valence-corrected chi connectivity index (χ2v) is 7.35. The highest BCUT2D eigenvalue weighted by Crippen LogP contribution is 2.49.